The summed E-state index contributed by atoms with van der Waals surface area (Å²) in [6, 6.07) is 18.3. The Kier molecular flexibility index (Phi) is 6.85. The second kappa shape index (κ2) is 10.2. The normalized spacial score (nSPS) is 14.6. The van der Waals surface area contributed by atoms with E-state index in [2.05, 4.69) is 45.4 Å². The molecule has 5 rings (SSSR count). The van der Waals surface area contributed by atoms with Crippen molar-refractivity contribution in [3.8, 4) is 5.75 Å². The van der Waals surface area contributed by atoms with Crippen molar-refractivity contribution in [3.63, 3.8) is 0 Å². The van der Waals surface area contributed by atoms with Gasteiger partial charge in [-0.3, -0.25) is 9.69 Å². The van der Waals surface area contributed by atoms with E-state index in [1.165, 1.54) is 17.0 Å². The molecule has 0 bridgehead atoms. The third kappa shape index (κ3) is 4.82. The average molecular weight is 495 g/mol. The van der Waals surface area contributed by atoms with E-state index in [9.17, 15) is 4.79 Å². The van der Waals surface area contributed by atoms with Crippen molar-refractivity contribution in [1.82, 2.24) is 15.2 Å². The summed E-state index contributed by atoms with van der Waals surface area (Å²) in [7, 11) is 1.59. The zero-order valence-electron chi connectivity index (χ0n) is 19.1. The molecule has 0 radical (unpaired) electrons. The minimum Gasteiger partial charge on any atom is -0.495 e. The van der Waals surface area contributed by atoms with Gasteiger partial charge in [-0.1, -0.05) is 29.8 Å². The van der Waals surface area contributed by atoms with Crippen LogP contribution in [0.3, 0.4) is 0 Å². The highest BCUT2D eigenvalue weighted by Crippen LogP contribution is 2.35. The SMILES string of the molecule is COc1ccc2cc3cc(C(=O)NCCCN4CCN(c5ccccc5)CC4)sc3nc2c1Cl. The molecule has 1 amide bonds. The van der Waals surface area contributed by atoms with Crippen molar-refractivity contribution in [3.05, 3.63) is 64.5 Å². The van der Waals surface area contributed by atoms with Crippen molar-refractivity contribution < 1.29 is 9.53 Å². The quantitative estimate of drug-likeness (QED) is 0.364. The number of nitrogens with one attached hydrogen (secondary N) is 1. The van der Waals surface area contributed by atoms with Gasteiger partial charge in [0, 0.05) is 49.2 Å². The molecule has 1 aliphatic rings. The van der Waals surface area contributed by atoms with Crippen LogP contribution < -0.4 is 15.0 Å². The minimum absolute atomic E-state index is 0.0513. The van der Waals surface area contributed by atoms with E-state index in [0.717, 1.165) is 54.7 Å². The lowest BCUT2D eigenvalue weighted by Gasteiger charge is -2.36. The first-order valence-corrected chi connectivity index (χ1v) is 12.7. The number of ether oxygens (including phenoxy) is 1. The summed E-state index contributed by atoms with van der Waals surface area (Å²) in [5, 5.41) is 5.43. The standard InChI is InChI=1S/C26H27ClN4O2S/c1-33-21-9-8-18-16-19-17-22(34-26(19)29-24(18)23(21)27)25(32)28-10-5-11-30-12-14-31(15-13-30)20-6-3-2-4-7-20/h2-4,6-9,16-17H,5,10-15H2,1H3,(H,28,32). The van der Waals surface area contributed by atoms with Crippen molar-refractivity contribution in [2.24, 2.45) is 0 Å². The predicted octanol–water partition coefficient (Wildman–Crippen LogP) is 5.05. The monoisotopic (exact) mass is 494 g/mol. The number of thiophene rings is 1. The number of nitrogens with zero attached hydrogens (tertiary/aromatic N) is 3. The molecule has 2 aromatic carbocycles. The van der Waals surface area contributed by atoms with Gasteiger partial charge in [-0.15, -0.1) is 11.3 Å². The predicted molar refractivity (Wildman–Crippen MR) is 141 cm³/mol. The zero-order valence-corrected chi connectivity index (χ0v) is 20.7. The molecule has 3 heterocycles. The van der Waals surface area contributed by atoms with Gasteiger partial charge in [0.25, 0.3) is 5.91 Å². The van der Waals surface area contributed by atoms with E-state index >= 15 is 0 Å². The number of piperazine rings is 1. The van der Waals surface area contributed by atoms with Gasteiger partial charge >= 0.3 is 0 Å². The van der Waals surface area contributed by atoms with Crippen LogP contribution in [0.25, 0.3) is 21.1 Å². The maximum atomic E-state index is 12.7. The number of carbonyl (C=O) groups is 1. The number of methoxy groups -OCH3 is 1. The molecule has 1 saturated heterocycles. The molecule has 0 saturated carbocycles. The van der Waals surface area contributed by atoms with Crippen LogP contribution in [0.5, 0.6) is 5.75 Å². The lowest BCUT2D eigenvalue weighted by molar-refractivity contribution is 0.0955. The van der Waals surface area contributed by atoms with Crippen LogP contribution in [-0.2, 0) is 0 Å². The van der Waals surface area contributed by atoms with Crippen LogP contribution in [0.4, 0.5) is 5.69 Å². The molecular formula is C26H27ClN4O2S. The third-order valence-corrected chi connectivity index (χ3v) is 7.66. The van der Waals surface area contributed by atoms with Crippen LogP contribution in [0.15, 0.2) is 54.6 Å². The number of hydrogen-bond donors (Lipinski definition) is 1. The van der Waals surface area contributed by atoms with Crippen molar-refractivity contribution in [2.75, 3.05) is 51.3 Å². The minimum atomic E-state index is -0.0513. The highest BCUT2D eigenvalue weighted by Gasteiger charge is 2.17. The Morgan fingerprint density at radius 2 is 1.88 bits per heavy atom. The van der Waals surface area contributed by atoms with E-state index in [1.807, 2.05) is 24.3 Å². The first-order chi connectivity index (χ1) is 16.6. The lowest BCUT2D eigenvalue weighted by atomic mass is 10.2. The fourth-order valence-electron chi connectivity index (χ4n) is 4.38. The second-order valence-electron chi connectivity index (χ2n) is 8.42. The molecule has 1 aliphatic heterocycles. The topological polar surface area (TPSA) is 57.7 Å². The Balaban J connectivity index is 1.13. The maximum absolute atomic E-state index is 12.7. The fourth-order valence-corrected chi connectivity index (χ4v) is 5.60. The Labute approximate surface area is 208 Å². The number of carbonyl (C=O) groups excluding carboxylic acids is 1. The molecule has 0 spiro atoms. The number of anilines is 1. The molecule has 1 N–H and O–H groups in total. The summed E-state index contributed by atoms with van der Waals surface area (Å²) in [6.07, 6.45) is 0.930. The van der Waals surface area contributed by atoms with E-state index in [4.69, 9.17) is 21.3 Å². The van der Waals surface area contributed by atoms with Gasteiger partial charge in [0.2, 0.25) is 0 Å². The highest BCUT2D eigenvalue weighted by atomic mass is 35.5. The summed E-state index contributed by atoms with van der Waals surface area (Å²) in [5.74, 6) is 0.543. The van der Waals surface area contributed by atoms with Gasteiger partial charge < -0.3 is 15.0 Å². The Morgan fingerprint density at radius 3 is 2.65 bits per heavy atom. The molecule has 0 atom stereocenters. The molecule has 176 valence electrons. The van der Waals surface area contributed by atoms with Gasteiger partial charge in [0.05, 0.1) is 17.5 Å². The van der Waals surface area contributed by atoms with Gasteiger partial charge in [-0.05, 0) is 49.4 Å². The number of para-hydroxylation sites is 1. The summed E-state index contributed by atoms with van der Waals surface area (Å²) in [4.78, 5) is 23.8. The van der Waals surface area contributed by atoms with Gasteiger partial charge in [-0.25, -0.2) is 4.98 Å². The molecule has 34 heavy (non-hydrogen) atoms. The molecule has 2 aromatic heterocycles. The molecule has 0 unspecified atom stereocenters. The van der Waals surface area contributed by atoms with Crippen molar-refractivity contribution >= 4 is 55.7 Å². The summed E-state index contributed by atoms with van der Waals surface area (Å²) < 4.78 is 5.29. The maximum Gasteiger partial charge on any atom is 0.261 e. The number of pyridine rings is 1. The van der Waals surface area contributed by atoms with Gasteiger partial charge in [-0.2, -0.15) is 0 Å². The zero-order chi connectivity index (χ0) is 23.5. The largest absolute Gasteiger partial charge is 0.495 e. The van der Waals surface area contributed by atoms with E-state index < -0.39 is 0 Å². The molecule has 6 nitrogen and oxygen atoms in total. The Bertz CT molecular complexity index is 1300. The van der Waals surface area contributed by atoms with Gasteiger partial charge in [0.15, 0.2) is 0 Å². The van der Waals surface area contributed by atoms with E-state index in [1.54, 1.807) is 7.11 Å². The second-order valence-corrected chi connectivity index (χ2v) is 9.83. The smallest absolute Gasteiger partial charge is 0.261 e. The molecule has 8 heteroatoms. The average Bonchev–Trinajstić information content (AvgIpc) is 3.30. The lowest BCUT2D eigenvalue weighted by Crippen LogP contribution is -2.47. The number of halogens is 1. The molecular weight excluding hydrogens is 468 g/mol. The van der Waals surface area contributed by atoms with E-state index in [-0.39, 0.29) is 5.91 Å². The third-order valence-electron chi connectivity index (χ3n) is 6.25. The first-order valence-electron chi connectivity index (χ1n) is 11.5. The highest BCUT2D eigenvalue weighted by molar-refractivity contribution is 7.20. The number of amides is 1. The molecule has 4 aromatic rings. The summed E-state index contributed by atoms with van der Waals surface area (Å²) in [5.41, 5.74) is 1.98. The molecule has 0 aliphatic carbocycles. The first kappa shape index (κ1) is 22.9. The van der Waals surface area contributed by atoms with E-state index in [0.29, 0.717) is 27.7 Å². The fraction of sp³-hybridized carbons (Fsp3) is 0.308. The van der Waals surface area contributed by atoms with Crippen LogP contribution in [0.2, 0.25) is 5.02 Å². The summed E-state index contributed by atoms with van der Waals surface area (Å²) in [6.45, 7) is 5.81. The van der Waals surface area contributed by atoms with Crippen LogP contribution >= 0.6 is 22.9 Å². The van der Waals surface area contributed by atoms with Crippen molar-refractivity contribution in [2.45, 2.75) is 6.42 Å². The van der Waals surface area contributed by atoms with Gasteiger partial charge in [0.1, 0.15) is 15.6 Å². The number of hydrogen-bond acceptors (Lipinski definition) is 6. The van der Waals surface area contributed by atoms with Crippen LogP contribution in [0, 0.1) is 0 Å². The molecule has 1 fully saturated rings. The van der Waals surface area contributed by atoms with Crippen LogP contribution in [0.1, 0.15) is 16.1 Å². The summed E-state index contributed by atoms with van der Waals surface area (Å²) >= 11 is 7.82. The Morgan fingerprint density at radius 1 is 1.09 bits per heavy atom. The number of rotatable bonds is 7. The number of fused-ring (bicyclic) bond motifs is 2. The number of benzene rings is 2. The number of aromatic nitrogens is 1. The Hall–Kier alpha value is -2.87. The van der Waals surface area contributed by atoms with Crippen LogP contribution in [-0.4, -0.2) is 62.2 Å². The van der Waals surface area contributed by atoms with Crippen molar-refractivity contribution in [1.29, 1.82) is 0 Å².